The van der Waals surface area contributed by atoms with E-state index in [9.17, 15) is 4.39 Å². The molecule has 0 aromatic rings. The first-order valence-electron chi connectivity index (χ1n) is 2.46. The zero-order chi connectivity index (χ0) is 6.62. The second-order valence-electron chi connectivity index (χ2n) is 2.14. The number of rotatable bonds is 3. The molecule has 0 aromatic carbocycles. The fraction of sp³-hybridized carbons (Fsp3) is 0.667. The van der Waals surface area contributed by atoms with Crippen molar-refractivity contribution in [3.8, 4) is 0 Å². The summed E-state index contributed by atoms with van der Waals surface area (Å²) < 4.78 is 16.8. The van der Waals surface area contributed by atoms with Crippen molar-refractivity contribution in [2.45, 2.75) is 19.5 Å². The third-order valence-corrected chi connectivity index (χ3v) is 0.687. The largest absolute Gasteiger partial charge is 0.580 e. The summed E-state index contributed by atoms with van der Waals surface area (Å²) in [5, 5.41) is 0. The van der Waals surface area contributed by atoms with Gasteiger partial charge in [0, 0.05) is 65.4 Å². The third-order valence-electron chi connectivity index (χ3n) is 0.687. The van der Waals surface area contributed by atoms with Crippen LogP contribution in [0.4, 0.5) is 4.39 Å². The van der Waals surface area contributed by atoms with Crippen LogP contribution in [0, 0.1) is 13.5 Å². The number of alkyl halides is 1. The Labute approximate surface area is 113 Å². The van der Waals surface area contributed by atoms with Crippen LogP contribution < -0.4 is 0 Å². The molecule has 56 valence electrons. The summed E-state index contributed by atoms with van der Waals surface area (Å²) in [4.78, 5) is 0. The molecule has 0 saturated carbocycles. The van der Waals surface area contributed by atoms with Crippen molar-refractivity contribution in [2.24, 2.45) is 0 Å². The summed E-state index contributed by atoms with van der Waals surface area (Å²) >= 11 is 0. The van der Waals surface area contributed by atoms with Crippen molar-refractivity contribution in [3.63, 3.8) is 0 Å². The molecule has 0 heterocycles. The first kappa shape index (κ1) is 18.0. The van der Waals surface area contributed by atoms with E-state index in [1.165, 1.54) is 20.3 Å². The zero-order valence-electron chi connectivity index (χ0n) is 6.43. The molecule has 0 rings (SSSR count). The molecule has 0 aliphatic rings. The Hall–Kier alpha value is 2.10. The van der Waals surface area contributed by atoms with Crippen molar-refractivity contribution in [3.05, 3.63) is 13.5 Å². The van der Waals surface area contributed by atoms with E-state index in [1.54, 1.807) is 0 Å². The van der Waals surface area contributed by atoms with Gasteiger partial charge in [-0.2, -0.15) is 0 Å². The molecule has 0 aliphatic heterocycles. The van der Waals surface area contributed by atoms with Crippen molar-refractivity contribution >= 4 is 0 Å². The summed E-state index contributed by atoms with van der Waals surface area (Å²) in [5.41, 5.74) is -1.24. The molecule has 0 bridgehead atoms. The Morgan fingerprint density at radius 3 is 2.00 bits per heavy atom. The SMILES string of the molecule is [CH2-]OC[CH-]C(C)(C)F.[Y].[Y]. The summed E-state index contributed by atoms with van der Waals surface area (Å²) in [6, 6.07) is 0. The van der Waals surface area contributed by atoms with Gasteiger partial charge in [0.15, 0.2) is 0 Å². The Bertz CT molecular complexity index is 63.3. The first-order valence-corrected chi connectivity index (χ1v) is 2.46. The Morgan fingerprint density at radius 2 is 1.90 bits per heavy atom. The molecule has 0 aromatic heterocycles. The van der Waals surface area contributed by atoms with Crippen molar-refractivity contribution in [1.29, 1.82) is 0 Å². The van der Waals surface area contributed by atoms with Crippen LogP contribution >= 0.6 is 0 Å². The van der Waals surface area contributed by atoms with E-state index >= 15 is 0 Å². The molecule has 0 atom stereocenters. The summed E-state index contributed by atoms with van der Waals surface area (Å²) in [6.45, 7) is 3.20. The molecule has 0 unspecified atom stereocenters. The maximum absolute atomic E-state index is 12.4. The van der Waals surface area contributed by atoms with Gasteiger partial charge >= 0.3 is 0 Å². The van der Waals surface area contributed by atoms with E-state index in [1.807, 2.05) is 0 Å². The number of halogens is 1. The van der Waals surface area contributed by atoms with Gasteiger partial charge in [-0.05, 0) is 5.67 Å². The Balaban J connectivity index is -0.000000245. The van der Waals surface area contributed by atoms with Crippen LogP contribution in [-0.4, -0.2) is 12.3 Å². The normalized spacial score (nSPS) is 9.60. The predicted molar refractivity (Wildman–Crippen MR) is 30.8 cm³/mol. The Morgan fingerprint density at radius 1 is 1.50 bits per heavy atom. The van der Waals surface area contributed by atoms with Gasteiger partial charge in [0.1, 0.15) is 0 Å². The average Bonchev–Trinajstić information content (AvgIpc) is 1.59. The summed E-state index contributed by atoms with van der Waals surface area (Å²) in [7, 11) is 3.09. The fourth-order valence-electron chi connectivity index (χ4n) is 0.257. The van der Waals surface area contributed by atoms with E-state index in [0.717, 1.165) is 0 Å². The molecule has 0 spiro atoms. The van der Waals surface area contributed by atoms with E-state index in [-0.39, 0.29) is 72.0 Å². The maximum Gasteiger partial charge on any atom is 0 e. The monoisotopic (exact) mass is 296 g/mol. The number of hydrogen-bond acceptors (Lipinski definition) is 1. The van der Waals surface area contributed by atoms with Crippen LogP contribution in [0.2, 0.25) is 0 Å². The van der Waals surface area contributed by atoms with Crippen LogP contribution in [0.1, 0.15) is 13.8 Å². The van der Waals surface area contributed by atoms with Crippen LogP contribution in [0.15, 0.2) is 0 Å². The van der Waals surface area contributed by atoms with Crippen LogP contribution in [0.5, 0.6) is 0 Å². The second-order valence-corrected chi connectivity index (χ2v) is 2.14. The molecule has 2 radical (unpaired) electrons. The third kappa shape index (κ3) is 16.6. The number of hydrogen-bond donors (Lipinski definition) is 0. The maximum atomic E-state index is 12.4. The van der Waals surface area contributed by atoms with E-state index < -0.39 is 5.67 Å². The van der Waals surface area contributed by atoms with Crippen molar-refractivity contribution in [2.75, 3.05) is 6.61 Å². The molecule has 0 aliphatic carbocycles. The smallest absolute Gasteiger partial charge is 0 e. The fourth-order valence-corrected chi connectivity index (χ4v) is 0.257. The van der Waals surface area contributed by atoms with Crippen LogP contribution in [0.3, 0.4) is 0 Å². The Kier molecular flexibility index (Phi) is 16.5. The van der Waals surface area contributed by atoms with Gasteiger partial charge in [-0.15, -0.1) is 6.61 Å². The molecule has 0 N–H and O–H groups in total. The quantitative estimate of drug-likeness (QED) is 0.721. The minimum Gasteiger partial charge on any atom is -0.580 e. The summed E-state index contributed by atoms with van der Waals surface area (Å²) in [5.74, 6) is 0. The van der Waals surface area contributed by atoms with Gasteiger partial charge in [0.2, 0.25) is 0 Å². The predicted octanol–water partition coefficient (Wildman–Crippen LogP) is 1.74. The molecule has 10 heavy (non-hydrogen) atoms. The minimum atomic E-state index is -1.24. The van der Waals surface area contributed by atoms with Gasteiger partial charge < -0.3 is 4.74 Å². The minimum absolute atomic E-state index is 0. The van der Waals surface area contributed by atoms with Gasteiger partial charge in [-0.1, -0.05) is 13.8 Å². The molecule has 0 amide bonds. The summed E-state index contributed by atoms with van der Waals surface area (Å²) in [6.07, 6.45) is 1.42. The molecular weight excluding hydrogens is 285 g/mol. The molecule has 4 heteroatoms. The average molecular weight is 296 g/mol. The van der Waals surface area contributed by atoms with Crippen LogP contribution in [0.25, 0.3) is 0 Å². The van der Waals surface area contributed by atoms with Crippen molar-refractivity contribution in [1.82, 2.24) is 0 Å². The zero-order valence-corrected chi connectivity index (χ0v) is 12.1. The van der Waals surface area contributed by atoms with Crippen LogP contribution in [-0.2, 0) is 70.2 Å². The van der Waals surface area contributed by atoms with Gasteiger partial charge in [-0.3, -0.25) is 10.8 Å². The standard InChI is InChI=1S/C6H11FO.2Y/c1-6(2,7)4-5-8-3;;/h4H,3,5H2,1-2H3;;/q-2;;. The molecule has 0 saturated heterocycles. The topological polar surface area (TPSA) is 9.23 Å². The van der Waals surface area contributed by atoms with Crippen molar-refractivity contribution < 1.29 is 74.5 Å². The first-order chi connectivity index (χ1) is 3.56. The van der Waals surface area contributed by atoms with E-state index in [4.69, 9.17) is 0 Å². The van der Waals surface area contributed by atoms with E-state index in [2.05, 4.69) is 11.8 Å². The molecule has 0 fully saturated rings. The van der Waals surface area contributed by atoms with Gasteiger partial charge in [0.05, 0.1) is 0 Å². The molecular formula is C6H11FOY2-2. The second kappa shape index (κ2) is 9.19. The molecule has 1 nitrogen and oxygen atoms in total. The van der Waals surface area contributed by atoms with E-state index in [0.29, 0.717) is 0 Å². The number of ether oxygens (including phenoxy) is 1. The van der Waals surface area contributed by atoms with Gasteiger partial charge in [0.25, 0.3) is 0 Å². The van der Waals surface area contributed by atoms with Gasteiger partial charge in [-0.25, -0.2) is 7.11 Å².